The summed E-state index contributed by atoms with van der Waals surface area (Å²) in [7, 11) is 0. The number of anilines is 1. The minimum absolute atomic E-state index is 0.121. The number of para-hydroxylation sites is 1. The summed E-state index contributed by atoms with van der Waals surface area (Å²) in [4.78, 5) is 29.5. The van der Waals surface area contributed by atoms with Crippen LogP contribution in [0.2, 0.25) is 0 Å². The Hall–Kier alpha value is -3.43. The summed E-state index contributed by atoms with van der Waals surface area (Å²) in [5.41, 5.74) is 1.72. The molecule has 0 atom stereocenters. The molecule has 2 N–H and O–H groups in total. The standard InChI is InChI=1S/C20H15N3O2S/c1-2-12-21-18(24)15-10-6-7-11-16(15)23-19(25)17-13-22-20(26-17)14-8-4-3-5-9-14/h1,3-11,13H,12H2,(H,21,24)(H,23,25). The highest BCUT2D eigenvalue weighted by Crippen LogP contribution is 2.26. The molecule has 2 amide bonds. The van der Waals surface area contributed by atoms with Gasteiger partial charge in [-0.1, -0.05) is 48.4 Å². The second kappa shape index (κ2) is 8.10. The van der Waals surface area contributed by atoms with Crippen LogP contribution in [0.5, 0.6) is 0 Å². The molecule has 0 fully saturated rings. The molecule has 3 aromatic rings. The summed E-state index contributed by atoms with van der Waals surface area (Å²) in [6.45, 7) is 0.121. The van der Waals surface area contributed by atoms with Crippen LogP contribution in [0.15, 0.2) is 60.8 Å². The highest BCUT2D eigenvalue weighted by Gasteiger charge is 2.16. The van der Waals surface area contributed by atoms with Crippen LogP contribution in [0.3, 0.4) is 0 Å². The zero-order valence-corrected chi connectivity index (χ0v) is 14.5. The SMILES string of the molecule is C#CCNC(=O)c1ccccc1NC(=O)c1cnc(-c2ccccc2)s1. The summed E-state index contributed by atoms with van der Waals surface area (Å²) < 4.78 is 0. The summed E-state index contributed by atoms with van der Waals surface area (Å²) in [6, 6.07) is 16.4. The van der Waals surface area contributed by atoms with Crippen LogP contribution in [0.4, 0.5) is 5.69 Å². The molecule has 0 aliphatic heterocycles. The highest BCUT2D eigenvalue weighted by atomic mass is 32.1. The molecule has 3 rings (SSSR count). The molecular weight excluding hydrogens is 346 g/mol. The second-order valence-corrected chi connectivity index (χ2v) is 6.31. The van der Waals surface area contributed by atoms with Gasteiger partial charge in [-0.3, -0.25) is 9.59 Å². The first-order valence-corrected chi connectivity index (χ1v) is 8.64. The van der Waals surface area contributed by atoms with Gasteiger partial charge in [0.05, 0.1) is 24.0 Å². The van der Waals surface area contributed by atoms with Gasteiger partial charge < -0.3 is 10.6 Å². The number of rotatable bonds is 5. The lowest BCUT2D eigenvalue weighted by Crippen LogP contribution is -2.25. The lowest BCUT2D eigenvalue weighted by atomic mass is 10.1. The Morgan fingerprint density at radius 3 is 2.54 bits per heavy atom. The minimum atomic E-state index is -0.340. The number of aromatic nitrogens is 1. The maximum atomic E-state index is 12.5. The van der Waals surface area contributed by atoms with Gasteiger partial charge in [0.1, 0.15) is 9.88 Å². The Kier molecular flexibility index (Phi) is 5.42. The van der Waals surface area contributed by atoms with Gasteiger partial charge in [-0.05, 0) is 12.1 Å². The van der Waals surface area contributed by atoms with Crippen molar-refractivity contribution in [2.24, 2.45) is 0 Å². The number of carbonyl (C=O) groups excluding carboxylic acids is 2. The first kappa shape index (κ1) is 17.4. The third-order valence-electron chi connectivity index (χ3n) is 3.52. The normalized spacial score (nSPS) is 9.96. The van der Waals surface area contributed by atoms with Gasteiger partial charge in [0.15, 0.2) is 0 Å². The molecule has 0 unspecified atom stereocenters. The molecule has 0 radical (unpaired) electrons. The molecule has 6 heteroatoms. The molecule has 0 aliphatic rings. The van der Waals surface area contributed by atoms with Crippen molar-refractivity contribution < 1.29 is 9.59 Å². The first-order chi connectivity index (χ1) is 12.7. The second-order valence-electron chi connectivity index (χ2n) is 5.28. The summed E-state index contributed by atoms with van der Waals surface area (Å²) >= 11 is 1.29. The quantitative estimate of drug-likeness (QED) is 0.684. The topological polar surface area (TPSA) is 71.1 Å². The van der Waals surface area contributed by atoms with Crippen molar-refractivity contribution in [2.45, 2.75) is 0 Å². The Morgan fingerprint density at radius 1 is 1.04 bits per heavy atom. The number of benzene rings is 2. The molecule has 0 saturated heterocycles. The number of thiazole rings is 1. The molecule has 0 bridgehead atoms. The van der Waals surface area contributed by atoms with Gasteiger partial charge in [0.25, 0.3) is 11.8 Å². The van der Waals surface area contributed by atoms with E-state index in [2.05, 4.69) is 21.5 Å². The number of nitrogens with zero attached hydrogens (tertiary/aromatic N) is 1. The van der Waals surface area contributed by atoms with Crippen molar-refractivity contribution >= 4 is 28.8 Å². The fraction of sp³-hybridized carbons (Fsp3) is 0.0500. The third-order valence-corrected chi connectivity index (χ3v) is 4.57. The van der Waals surface area contributed by atoms with E-state index in [-0.39, 0.29) is 18.4 Å². The van der Waals surface area contributed by atoms with Crippen LogP contribution in [-0.4, -0.2) is 23.3 Å². The van der Waals surface area contributed by atoms with E-state index in [1.54, 1.807) is 24.3 Å². The highest BCUT2D eigenvalue weighted by molar-refractivity contribution is 7.17. The van der Waals surface area contributed by atoms with Gasteiger partial charge in [-0.2, -0.15) is 0 Å². The van der Waals surface area contributed by atoms with Gasteiger partial charge in [-0.25, -0.2) is 4.98 Å². The van der Waals surface area contributed by atoms with Crippen LogP contribution in [0.1, 0.15) is 20.0 Å². The van der Waals surface area contributed by atoms with Gasteiger partial charge >= 0.3 is 0 Å². The summed E-state index contributed by atoms with van der Waals surface area (Å²) in [6.07, 6.45) is 6.69. The van der Waals surface area contributed by atoms with Crippen LogP contribution < -0.4 is 10.6 Å². The molecule has 5 nitrogen and oxygen atoms in total. The van der Waals surface area contributed by atoms with Crippen LogP contribution in [0, 0.1) is 12.3 Å². The molecule has 128 valence electrons. The van der Waals surface area contributed by atoms with Crippen molar-refractivity contribution in [1.82, 2.24) is 10.3 Å². The predicted molar refractivity (Wildman–Crippen MR) is 103 cm³/mol. The van der Waals surface area contributed by atoms with Crippen molar-refractivity contribution in [3.8, 4) is 22.9 Å². The fourth-order valence-corrected chi connectivity index (χ4v) is 3.11. The van der Waals surface area contributed by atoms with E-state index in [9.17, 15) is 9.59 Å². The van der Waals surface area contributed by atoms with Crippen molar-refractivity contribution in [3.05, 3.63) is 71.2 Å². The first-order valence-electron chi connectivity index (χ1n) is 7.82. The molecule has 0 aliphatic carbocycles. The van der Waals surface area contributed by atoms with E-state index < -0.39 is 0 Å². The monoisotopic (exact) mass is 361 g/mol. The van der Waals surface area contributed by atoms with Crippen molar-refractivity contribution in [3.63, 3.8) is 0 Å². The smallest absolute Gasteiger partial charge is 0.267 e. The van der Waals surface area contributed by atoms with E-state index >= 15 is 0 Å². The number of hydrogen-bond acceptors (Lipinski definition) is 4. The van der Waals surface area contributed by atoms with Crippen LogP contribution in [0.25, 0.3) is 10.6 Å². The average molecular weight is 361 g/mol. The Labute approximate surface area is 155 Å². The molecule has 0 saturated carbocycles. The zero-order valence-electron chi connectivity index (χ0n) is 13.7. The largest absolute Gasteiger partial charge is 0.341 e. The average Bonchev–Trinajstić information content (AvgIpc) is 3.17. The van der Waals surface area contributed by atoms with Crippen molar-refractivity contribution in [1.29, 1.82) is 0 Å². The van der Waals surface area contributed by atoms with E-state index in [4.69, 9.17) is 6.42 Å². The maximum absolute atomic E-state index is 12.5. The van der Waals surface area contributed by atoms with Gasteiger partial charge in [-0.15, -0.1) is 17.8 Å². The van der Waals surface area contributed by atoms with Gasteiger partial charge in [0, 0.05) is 5.56 Å². The van der Waals surface area contributed by atoms with Crippen LogP contribution >= 0.6 is 11.3 Å². The Balaban J connectivity index is 1.78. The summed E-state index contributed by atoms with van der Waals surface area (Å²) in [5, 5.41) is 6.12. The number of terminal acetylenes is 1. The third kappa shape index (κ3) is 3.97. The Bertz CT molecular complexity index is 974. The van der Waals surface area contributed by atoms with Crippen LogP contribution in [-0.2, 0) is 0 Å². The molecule has 26 heavy (non-hydrogen) atoms. The van der Waals surface area contributed by atoms with E-state index in [1.165, 1.54) is 17.5 Å². The molecule has 2 aromatic carbocycles. The summed E-state index contributed by atoms with van der Waals surface area (Å²) in [5.74, 6) is 1.69. The lowest BCUT2D eigenvalue weighted by molar-refractivity contribution is 0.0959. The predicted octanol–water partition coefficient (Wildman–Crippen LogP) is 3.43. The molecular formula is C20H15N3O2S. The number of nitrogens with one attached hydrogen (secondary N) is 2. The minimum Gasteiger partial charge on any atom is -0.341 e. The van der Waals surface area contributed by atoms with E-state index in [0.29, 0.717) is 16.1 Å². The lowest BCUT2D eigenvalue weighted by Gasteiger charge is -2.09. The zero-order chi connectivity index (χ0) is 18.4. The van der Waals surface area contributed by atoms with E-state index in [0.717, 1.165) is 10.6 Å². The molecule has 1 aromatic heterocycles. The van der Waals surface area contributed by atoms with Gasteiger partial charge in [0.2, 0.25) is 0 Å². The van der Waals surface area contributed by atoms with E-state index in [1.807, 2.05) is 30.3 Å². The van der Waals surface area contributed by atoms with Crippen molar-refractivity contribution in [2.75, 3.05) is 11.9 Å². The molecule has 1 heterocycles. The number of carbonyl (C=O) groups is 2. The number of amides is 2. The Morgan fingerprint density at radius 2 is 1.77 bits per heavy atom. The maximum Gasteiger partial charge on any atom is 0.267 e. The number of hydrogen-bond donors (Lipinski definition) is 2. The molecule has 0 spiro atoms. The fourth-order valence-electron chi connectivity index (χ4n) is 2.29.